The number of piperidine rings is 1. The Morgan fingerprint density at radius 1 is 1.09 bits per heavy atom. The molecule has 3 aliphatic heterocycles. The van der Waals surface area contributed by atoms with E-state index in [0.29, 0.717) is 24.7 Å². The third-order valence-electron chi connectivity index (χ3n) is 8.15. The highest BCUT2D eigenvalue weighted by Gasteiger charge is 2.42. The third kappa shape index (κ3) is 4.50. The maximum Gasteiger partial charge on any atom is 0.219 e. The topological polar surface area (TPSA) is 70.5 Å². The van der Waals surface area contributed by atoms with Gasteiger partial charge in [0.25, 0.3) is 0 Å². The monoisotopic (exact) mass is 463 g/mol. The van der Waals surface area contributed by atoms with Crippen LogP contribution in [0.25, 0.3) is 0 Å². The Hall–Kier alpha value is -2.67. The van der Waals surface area contributed by atoms with Gasteiger partial charge in [-0.2, -0.15) is 0 Å². The molecule has 4 atom stereocenters. The standard InChI is InChI=1S/C27H37N5O2/c1-18-28-26-11-13-30(20(3)34)17-27(26)32(18)24-15-22-9-10-23(16-24)31(22)14-12-25(29-19(2)33)21-7-5-4-6-8-21/h4-8,22-25H,9-17H2,1-3H3,(H,29,33)/t22-,23+,24+,25-/m0/s1. The number of aryl methyl sites for hydroxylation is 1. The van der Waals surface area contributed by atoms with Crippen LogP contribution in [-0.2, 0) is 22.6 Å². The van der Waals surface area contributed by atoms with Gasteiger partial charge in [0, 0.05) is 51.5 Å². The van der Waals surface area contributed by atoms with Crippen LogP contribution in [0.3, 0.4) is 0 Å². The van der Waals surface area contributed by atoms with Crippen LogP contribution in [0.15, 0.2) is 30.3 Å². The van der Waals surface area contributed by atoms with Gasteiger partial charge in [0.1, 0.15) is 5.82 Å². The molecule has 1 N–H and O–H groups in total. The average Bonchev–Trinajstić information content (AvgIpc) is 3.27. The van der Waals surface area contributed by atoms with Crippen LogP contribution < -0.4 is 5.32 Å². The summed E-state index contributed by atoms with van der Waals surface area (Å²) < 4.78 is 2.47. The van der Waals surface area contributed by atoms with Crippen LogP contribution in [0.5, 0.6) is 0 Å². The van der Waals surface area contributed by atoms with Crippen molar-refractivity contribution in [2.24, 2.45) is 0 Å². The predicted molar refractivity (Wildman–Crippen MR) is 131 cm³/mol. The lowest BCUT2D eigenvalue weighted by atomic mass is 9.95. The molecule has 0 radical (unpaired) electrons. The van der Waals surface area contributed by atoms with Crippen molar-refractivity contribution in [2.75, 3.05) is 13.1 Å². The molecule has 1 aromatic heterocycles. The van der Waals surface area contributed by atoms with Crippen molar-refractivity contribution >= 4 is 11.8 Å². The number of imidazole rings is 1. The van der Waals surface area contributed by atoms with E-state index in [1.54, 1.807) is 13.8 Å². The minimum absolute atomic E-state index is 0.0236. The van der Waals surface area contributed by atoms with Gasteiger partial charge in [-0.25, -0.2) is 4.98 Å². The first-order valence-electron chi connectivity index (χ1n) is 12.8. The number of amides is 2. The van der Waals surface area contributed by atoms with Crippen LogP contribution in [0.2, 0.25) is 0 Å². The molecule has 0 aliphatic carbocycles. The van der Waals surface area contributed by atoms with Gasteiger partial charge in [0.05, 0.1) is 24.0 Å². The summed E-state index contributed by atoms with van der Waals surface area (Å²) >= 11 is 0. The minimum atomic E-state index is 0.0236. The number of hydrogen-bond donors (Lipinski definition) is 1. The lowest BCUT2D eigenvalue weighted by molar-refractivity contribution is -0.129. The van der Waals surface area contributed by atoms with Crippen LogP contribution >= 0.6 is 0 Å². The molecule has 2 saturated heterocycles. The molecule has 7 nitrogen and oxygen atoms in total. The van der Waals surface area contributed by atoms with E-state index in [1.807, 2.05) is 23.1 Å². The van der Waals surface area contributed by atoms with Crippen molar-refractivity contribution in [1.29, 1.82) is 0 Å². The normalized spacial score (nSPS) is 25.1. The van der Waals surface area contributed by atoms with E-state index < -0.39 is 0 Å². The number of benzene rings is 1. The Kier molecular flexibility index (Phi) is 6.47. The fourth-order valence-electron chi connectivity index (χ4n) is 6.62. The number of nitrogens with one attached hydrogen (secondary N) is 1. The van der Waals surface area contributed by atoms with Crippen molar-refractivity contribution in [1.82, 2.24) is 24.7 Å². The second kappa shape index (κ2) is 9.53. The molecule has 2 fully saturated rings. The fourth-order valence-corrected chi connectivity index (χ4v) is 6.62. The van der Waals surface area contributed by atoms with E-state index in [1.165, 1.54) is 29.8 Å². The van der Waals surface area contributed by atoms with E-state index in [9.17, 15) is 9.59 Å². The second-order valence-corrected chi connectivity index (χ2v) is 10.3. The summed E-state index contributed by atoms with van der Waals surface area (Å²) in [5.41, 5.74) is 3.62. The fraction of sp³-hybridized carbons (Fsp3) is 0.593. The molecule has 2 amide bonds. The Balaban J connectivity index is 1.28. The van der Waals surface area contributed by atoms with Gasteiger partial charge in [-0.1, -0.05) is 30.3 Å². The van der Waals surface area contributed by atoms with Crippen molar-refractivity contribution in [3.8, 4) is 0 Å². The molecule has 3 aliphatic rings. The molecule has 4 heterocycles. The van der Waals surface area contributed by atoms with Gasteiger partial charge in [-0.15, -0.1) is 0 Å². The maximum atomic E-state index is 12.0. The molecular formula is C27H37N5O2. The van der Waals surface area contributed by atoms with E-state index in [0.717, 1.165) is 44.6 Å². The highest BCUT2D eigenvalue weighted by molar-refractivity contribution is 5.73. The summed E-state index contributed by atoms with van der Waals surface area (Å²) in [6, 6.07) is 12.0. The molecule has 7 heteroatoms. The van der Waals surface area contributed by atoms with E-state index >= 15 is 0 Å². The molecule has 182 valence electrons. The number of rotatable bonds is 6. The zero-order valence-electron chi connectivity index (χ0n) is 20.7. The summed E-state index contributed by atoms with van der Waals surface area (Å²) in [5.74, 6) is 1.27. The second-order valence-electron chi connectivity index (χ2n) is 10.3. The highest BCUT2D eigenvalue weighted by atomic mass is 16.2. The van der Waals surface area contributed by atoms with Crippen molar-refractivity contribution in [2.45, 2.75) is 90.0 Å². The molecule has 0 spiro atoms. The predicted octanol–water partition coefficient (Wildman–Crippen LogP) is 3.53. The molecule has 0 saturated carbocycles. The summed E-state index contributed by atoms with van der Waals surface area (Å²) in [6.07, 6.45) is 6.54. The van der Waals surface area contributed by atoms with Crippen LogP contribution in [0.1, 0.15) is 80.8 Å². The van der Waals surface area contributed by atoms with E-state index in [2.05, 4.69) is 33.8 Å². The smallest absolute Gasteiger partial charge is 0.219 e. The molecular weight excluding hydrogens is 426 g/mol. The van der Waals surface area contributed by atoms with Gasteiger partial charge >= 0.3 is 0 Å². The van der Waals surface area contributed by atoms with Gasteiger partial charge in [-0.05, 0) is 44.6 Å². The molecule has 34 heavy (non-hydrogen) atoms. The lowest BCUT2D eigenvalue weighted by Crippen LogP contribution is -2.45. The first kappa shape index (κ1) is 23.1. The Morgan fingerprint density at radius 3 is 2.44 bits per heavy atom. The van der Waals surface area contributed by atoms with Gasteiger partial charge in [-0.3, -0.25) is 14.5 Å². The number of fused-ring (bicyclic) bond motifs is 3. The molecule has 0 unspecified atom stereocenters. The molecule has 5 rings (SSSR count). The van der Waals surface area contributed by atoms with Crippen molar-refractivity contribution < 1.29 is 9.59 Å². The average molecular weight is 464 g/mol. The highest BCUT2D eigenvalue weighted by Crippen LogP contribution is 2.43. The summed E-state index contributed by atoms with van der Waals surface area (Å²) in [5, 5.41) is 3.16. The van der Waals surface area contributed by atoms with Gasteiger partial charge in [0.15, 0.2) is 0 Å². The Labute approximate surface area is 202 Å². The summed E-state index contributed by atoms with van der Waals surface area (Å²) in [4.78, 5) is 33.4. The number of nitrogens with zero attached hydrogens (tertiary/aromatic N) is 4. The van der Waals surface area contributed by atoms with E-state index in [4.69, 9.17) is 4.98 Å². The first-order valence-corrected chi connectivity index (χ1v) is 12.8. The number of carbonyl (C=O) groups is 2. The molecule has 2 aromatic rings. The van der Waals surface area contributed by atoms with Gasteiger partial charge < -0.3 is 14.8 Å². The molecule has 2 bridgehead atoms. The van der Waals surface area contributed by atoms with E-state index in [-0.39, 0.29) is 17.9 Å². The zero-order valence-corrected chi connectivity index (χ0v) is 20.7. The number of hydrogen-bond acceptors (Lipinski definition) is 4. The third-order valence-corrected chi connectivity index (χ3v) is 8.15. The lowest BCUT2D eigenvalue weighted by Gasteiger charge is -2.41. The largest absolute Gasteiger partial charge is 0.349 e. The van der Waals surface area contributed by atoms with Crippen molar-refractivity contribution in [3.63, 3.8) is 0 Å². The zero-order chi connectivity index (χ0) is 23.8. The first-order chi connectivity index (χ1) is 16.4. The Bertz CT molecular complexity index is 1030. The Morgan fingerprint density at radius 2 is 1.79 bits per heavy atom. The maximum absolute atomic E-state index is 12.0. The number of carbonyl (C=O) groups excluding carboxylic acids is 2. The molecule has 1 aromatic carbocycles. The number of aromatic nitrogens is 2. The van der Waals surface area contributed by atoms with Crippen molar-refractivity contribution in [3.05, 3.63) is 53.1 Å². The summed E-state index contributed by atoms with van der Waals surface area (Å²) in [6.45, 7) is 7.87. The minimum Gasteiger partial charge on any atom is -0.349 e. The van der Waals surface area contributed by atoms with Crippen LogP contribution in [0.4, 0.5) is 0 Å². The summed E-state index contributed by atoms with van der Waals surface area (Å²) in [7, 11) is 0. The van der Waals surface area contributed by atoms with Gasteiger partial charge in [0.2, 0.25) is 11.8 Å². The van der Waals surface area contributed by atoms with Crippen LogP contribution in [-0.4, -0.2) is 56.3 Å². The van der Waals surface area contributed by atoms with Crippen LogP contribution in [0, 0.1) is 6.92 Å². The quantitative estimate of drug-likeness (QED) is 0.712. The SMILES string of the molecule is CC(=O)N[C@@H](CCN1[C@@H]2CC[C@H]1C[C@@H](n1c(C)nc3c1CN(C(C)=O)CC3)C2)c1ccccc1.